The second-order valence-corrected chi connectivity index (χ2v) is 4.84. The van der Waals surface area contributed by atoms with Crippen LogP contribution >= 0.6 is 0 Å². The van der Waals surface area contributed by atoms with Gasteiger partial charge in [0.25, 0.3) is 0 Å². The first-order chi connectivity index (χ1) is 9.87. The highest BCUT2D eigenvalue weighted by Crippen LogP contribution is 2.25. The van der Waals surface area contributed by atoms with Crippen LogP contribution in [0.25, 0.3) is 5.65 Å². The number of amides is 1. The number of fused-ring (bicyclic) bond motifs is 1. The standard InChI is InChI=1S/C12H11F3N4O2/c13-12(14,15)7-17-6-4-8(10(17)20)19-11(21)18-5-2-1-3-9(18)16-19/h1-3,5,8H,4,6-7H2/t8-/m1/s1. The molecule has 21 heavy (non-hydrogen) atoms. The summed E-state index contributed by atoms with van der Waals surface area (Å²) in [4.78, 5) is 24.9. The molecule has 6 nitrogen and oxygen atoms in total. The van der Waals surface area contributed by atoms with Crippen molar-refractivity contribution in [3.05, 3.63) is 34.9 Å². The molecule has 2 aromatic rings. The van der Waals surface area contributed by atoms with Gasteiger partial charge in [0.1, 0.15) is 12.6 Å². The normalized spacial score (nSPS) is 19.7. The van der Waals surface area contributed by atoms with Crippen molar-refractivity contribution in [1.29, 1.82) is 0 Å². The van der Waals surface area contributed by atoms with Crippen molar-refractivity contribution >= 4 is 11.6 Å². The van der Waals surface area contributed by atoms with Gasteiger partial charge in [-0.05, 0) is 18.6 Å². The fourth-order valence-electron chi connectivity index (χ4n) is 2.47. The highest BCUT2D eigenvalue weighted by Gasteiger charge is 2.41. The highest BCUT2D eigenvalue weighted by molar-refractivity contribution is 5.82. The van der Waals surface area contributed by atoms with Gasteiger partial charge in [0, 0.05) is 12.7 Å². The zero-order chi connectivity index (χ0) is 15.2. The third-order valence-corrected chi connectivity index (χ3v) is 3.39. The molecule has 1 aliphatic heterocycles. The Morgan fingerprint density at radius 1 is 1.29 bits per heavy atom. The molecule has 0 saturated carbocycles. The van der Waals surface area contributed by atoms with Crippen LogP contribution in [-0.2, 0) is 4.79 Å². The molecule has 2 aromatic heterocycles. The molecule has 9 heteroatoms. The summed E-state index contributed by atoms with van der Waals surface area (Å²) in [6.45, 7) is -1.34. The van der Waals surface area contributed by atoms with Crippen LogP contribution < -0.4 is 5.69 Å². The van der Waals surface area contributed by atoms with Gasteiger partial charge in [0.2, 0.25) is 5.91 Å². The second kappa shape index (κ2) is 4.61. The molecule has 1 amide bonds. The summed E-state index contributed by atoms with van der Waals surface area (Å²) < 4.78 is 39.3. The predicted octanol–water partition coefficient (Wildman–Crippen LogP) is 0.832. The first-order valence-electron chi connectivity index (χ1n) is 6.28. The largest absolute Gasteiger partial charge is 0.406 e. The number of hydrogen-bond acceptors (Lipinski definition) is 3. The van der Waals surface area contributed by atoms with E-state index in [1.54, 1.807) is 18.2 Å². The topological polar surface area (TPSA) is 59.6 Å². The number of aromatic nitrogens is 3. The van der Waals surface area contributed by atoms with Crippen LogP contribution in [0.1, 0.15) is 12.5 Å². The van der Waals surface area contributed by atoms with E-state index >= 15 is 0 Å². The third kappa shape index (κ3) is 2.39. The number of alkyl halides is 3. The van der Waals surface area contributed by atoms with Crippen molar-refractivity contribution in [2.45, 2.75) is 18.6 Å². The van der Waals surface area contributed by atoms with Gasteiger partial charge in [-0.2, -0.15) is 17.9 Å². The quantitative estimate of drug-likeness (QED) is 0.825. The Hall–Kier alpha value is -2.32. The summed E-state index contributed by atoms with van der Waals surface area (Å²) in [7, 11) is 0. The van der Waals surface area contributed by atoms with Crippen LogP contribution in [0, 0.1) is 0 Å². The lowest BCUT2D eigenvalue weighted by Gasteiger charge is -2.18. The van der Waals surface area contributed by atoms with Crippen molar-refractivity contribution in [1.82, 2.24) is 19.1 Å². The molecule has 0 N–H and O–H groups in total. The molecule has 0 bridgehead atoms. The van der Waals surface area contributed by atoms with E-state index < -0.39 is 30.4 Å². The van der Waals surface area contributed by atoms with E-state index in [0.717, 1.165) is 4.68 Å². The number of halogens is 3. The van der Waals surface area contributed by atoms with Crippen molar-refractivity contribution in [2.75, 3.05) is 13.1 Å². The van der Waals surface area contributed by atoms with Crippen LogP contribution in [0.2, 0.25) is 0 Å². The minimum absolute atomic E-state index is 0.0384. The maximum atomic E-state index is 12.4. The average molecular weight is 300 g/mol. The van der Waals surface area contributed by atoms with Gasteiger partial charge in [0.05, 0.1) is 0 Å². The highest BCUT2D eigenvalue weighted by atomic mass is 19.4. The maximum Gasteiger partial charge on any atom is 0.406 e. The van der Waals surface area contributed by atoms with Gasteiger partial charge in [-0.1, -0.05) is 6.07 Å². The molecule has 0 unspecified atom stereocenters. The van der Waals surface area contributed by atoms with Gasteiger partial charge in [-0.25, -0.2) is 4.79 Å². The summed E-state index contributed by atoms with van der Waals surface area (Å²) in [5.74, 6) is -0.724. The van der Waals surface area contributed by atoms with E-state index in [1.165, 1.54) is 10.6 Å². The number of carbonyl (C=O) groups is 1. The summed E-state index contributed by atoms with van der Waals surface area (Å²) >= 11 is 0. The molecule has 1 aliphatic rings. The molecular weight excluding hydrogens is 289 g/mol. The zero-order valence-corrected chi connectivity index (χ0v) is 10.7. The van der Waals surface area contributed by atoms with Crippen LogP contribution in [0.4, 0.5) is 13.2 Å². The summed E-state index contributed by atoms with van der Waals surface area (Å²) in [6.07, 6.45) is -2.82. The lowest BCUT2D eigenvalue weighted by Crippen LogP contribution is -2.38. The monoisotopic (exact) mass is 300 g/mol. The second-order valence-electron chi connectivity index (χ2n) is 4.84. The molecular formula is C12H11F3N4O2. The van der Waals surface area contributed by atoms with Gasteiger partial charge in [-0.15, -0.1) is 5.10 Å². The van der Waals surface area contributed by atoms with Crippen LogP contribution in [0.15, 0.2) is 29.2 Å². The summed E-state index contributed by atoms with van der Waals surface area (Å²) in [5.41, 5.74) is -0.178. The Morgan fingerprint density at radius 3 is 2.71 bits per heavy atom. The van der Waals surface area contributed by atoms with Gasteiger partial charge >= 0.3 is 11.9 Å². The number of rotatable bonds is 2. The van der Waals surface area contributed by atoms with Crippen molar-refractivity contribution in [3.8, 4) is 0 Å². The molecule has 0 aliphatic carbocycles. The van der Waals surface area contributed by atoms with Gasteiger partial charge in [-0.3, -0.25) is 9.20 Å². The smallest absolute Gasteiger partial charge is 0.332 e. The molecule has 3 rings (SSSR count). The summed E-state index contributed by atoms with van der Waals surface area (Å²) in [6, 6.07) is 3.93. The van der Waals surface area contributed by atoms with Crippen molar-refractivity contribution < 1.29 is 18.0 Å². The van der Waals surface area contributed by atoms with E-state index in [-0.39, 0.29) is 13.0 Å². The lowest BCUT2D eigenvalue weighted by molar-refractivity contribution is -0.158. The first-order valence-corrected chi connectivity index (χ1v) is 6.28. The van der Waals surface area contributed by atoms with E-state index in [4.69, 9.17) is 0 Å². The molecule has 1 fully saturated rings. The number of hydrogen-bond donors (Lipinski definition) is 0. The molecule has 0 spiro atoms. The fraction of sp³-hybridized carbons (Fsp3) is 0.417. The Kier molecular flexibility index (Phi) is 2.99. The Balaban J connectivity index is 1.92. The van der Waals surface area contributed by atoms with Gasteiger partial charge in [0.15, 0.2) is 5.65 Å². The van der Waals surface area contributed by atoms with Crippen LogP contribution in [-0.4, -0.2) is 44.3 Å². The minimum atomic E-state index is -4.45. The molecule has 1 saturated heterocycles. The maximum absolute atomic E-state index is 12.4. The molecule has 3 heterocycles. The Bertz CT molecular complexity index is 749. The van der Waals surface area contributed by atoms with E-state index in [2.05, 4.69) is 5.10 Å². The van der Waals surface area contributed by atoms with Gasteiger partial charge < -0.3 is 4.90 Å². The number of nitrogens with zero attached hydrogens (tertiary/aromatic N) is 4. The number of pyridine rings is 1. The van der Waals surface area contributed by atoms with Crippen LogP contribution in [0.5, 0.6) is 0 Å². The minimum Gasteiger partial charge on any atom is -0.332 e. The predicted molar refractivity (Wildman–Crippen MR) is 65.7 cm³/mol. The molecule has 0 radical (unpaired) electrons. The third-order valence-electron chi connectivity index (χ3n) is 3.39. The molecule has 112 valence electrons. The fourth-order valence-corrected chi connectivity index (χ4v) is 2.47. The van der Waals surface area contributed by atoms with Crippen LogP contribution in [0.3, 0.4) is 0 Å². The van der Waals surface area contributed by atoms with Crippen molar-refractivity contribution in [3.63, 3.8) is 0 Å². The Morgan fingerprint density at radius 2 is 2.05 bits per heavy atom. The average Bonchev–Trinajstić information content (AvgIpc) is 2.91. The number of likely N-dealkylation sites (tertiary alicyclic amines) is 1. The summed E-state index contributed by atoms with van der Waals surface area (Å²) in [5, 5.41) is 4.01. The first kappa shape index (κ1) is 13.7. The van der Waals surface area contributed by atoms with E-state index in [1.807, 2.05) is 0 Å². The SMILES string of the molecule is O=C1[C@H](n2nc3ccccn3c2=O)CCN1CC(F)(F)F. The number of carbonyl (C=O) groups excluding carboxylic acids is 1. The molecule has 1 atom stereocenters. The van der Waals surface area contributed by atoms with E-state index in [9.17, 15) is 22.8 Å². The lowest BCUT2D eigenvalue weighted by atomic mass is 10.2. The molecule has 0 aromatic carbocycles. The Labute approximate surface area is 116 Å². The van der Waals surface area contributed by atoms with Crippen molar-refractivity contribution in [2.24, 2.45) is 0 Å². The zero-order valence-electron chi connectivity index (χ0n) is 10.7. The van der Waals surface area contributed by atoms with E-state index in [0.29, 0.717) is 10.5 Å².